The van der Waals surface area contributed by atoms with Gasteiger partial charge in [0.05, 0.1) is 5.69 Å². The fourth-order valence-electron chi connectivity index (χ4n) is 4.11. The minimum Gasteiger partial charge on any atom is -0.475 e. The maximum Gasteiger partial charge on any atom is 0.490 e. The second-order valence-corrected chi connectivity index (χ2v) is 10.2. The number of alkyl halides is 9. The van der Waals surface area contributed by atoms with Gasteiger partial charge in [0.2, 0.25) is 0 Å². The number of aliphatic carboxylic acids is 3. The van der Waals surface area contributed by atoms with Gasteiger partial charge < -0.3 is 15.3 Å². The fraction of sp³-hybridized carbons (Fsp3) is 0.345. The van der Waals surface area contributed by atoms with Crippen LogP contribution in [0.1, 0.15) is 36.0 Å². The van der Waals surface area contributed by atoms with Crippen LogP contribution >= 0.6 is 0 Å². The van der Waals surface area contributed by atoms with Crippen molar-refractivity contribution in [1.82, 2.24) is 29.5 Å². The van der Waals surface area contributed by atoms with Gasteiger partial charge in [0, 0.05) is 48.9 Å². The molecule has 50 heavy (non-hydrogen) atoms. The number of pyridine rings is 3. The Hall–Kier alpha value is -5.34. The number of hydrogen-bond donors (Lipinski definition) is 3. The quantitative estimate of drug-likeness (QED) is 0.218. The van der Waals surface area contributed by atoms with Crippen molar-refractivity contribution >= 4 is 23.6 Å². The average Bonchev–Trinajstić information content (AvgIpc) is 3.45. The van der Waals surface area contributed by atoms with Gasteiger partial charge in [-0.2, -0.15) is 44.6 Å². The molecule has 0 bridgehead atoms. The monoisotopic (exact) mass is 726 g/mol. The molecule has 272 valence electrons. The van der Waals surface area contributed by atoms with Crippen molar-refractivity contribution in [2.75, 3.05) is 13.1 Å². The van der Waals surface area contributed by atoms with E-state index in [1.54, 1.807) is 0 Å². The van der Waals surface area contributed by atoms with Gasteiger partial charge in [0.1, 0.15) is 0 Å². The van der Waals surface area contributed by atoms with Gasteiger partial charge in [0.25, 0.3) is 0 Å². The van der Waals surface area contributed by atoms with E-state index < -0.39 is 36.4 Å². The Morgan fingerprint density at radius 1 is 0.780 bits per heavy atom. The van der Waals surface area contributed by atoms with Crippen LogP contribution in [0.15, 0.2) is 61.1 Å². The molecule has 12 nitrogen and oxygen atoms in total. The highest BCUT2D eigenvalue weighted by Gasteiger charge is 2.39. The smallest absolute Gasteiger partial charge is 0.475 e. The van der Waals surface area contributed by atoms with Crippen LogP contribution in [-0.2, 0) is 20.9 Å². The molecular formula is C29H27F9N6O6. The van der Waals surface area contributed by atoms with Gasteiger partial charge in [-0.3, -0.25) is 14.9 Å². The van der Waals surface area contributed by atoms with Gasteiger partial charge >= 0.3 is 36.4 Å². The van der Waals surface area contributed by atoms with Gasteiger partial charge in [-0.1, -0.05) is 6.07 Å². The molecule has 0 spiro atoms. The second kappa shape index (κ2) is 17.4. The number of aryl methyl sites for hydroxylation is 1. The highest BCUT2D eigenvalue weighted by molar-refractivity contribution is 5.73. The summed E-state index contributed by atoms with van der Waals surface area (Å²) in [5, 5.41) is 26.2. The van der Waals surface area contributed by atoms with Crippen LogP contribution in [0.25, 0.3) is 16.8 Å². The predicted molar refractivity (Wildman–Crippen MR) is 154 cm³/mol. The topological polar surface area (TPSA) is 171 Å². The first-order valence-corrected chi connectivity index (χ1v) is 13.9. The number of carboxylic acids is 3. The standard InChI is InChI=1S/C23H24N6.3C2HF3O2/c1-17-4-2-6-21(25-17)16-28-13-3-5-20(14-28)23-26-22-8-7-19(15-29(22)27-23)18-9-11-24-12-10-18;3*3-2(4,5)1(6)7/h2,4,6-12,15,20H,3,5,13-14,16H2,1H3;3*(H,6,7). The van der Waals surface area contributed by atoms with E-state index in [0.717, 1.165) is 66.5 Å². The zero-order valence-electron chi connectivity index (χ0n) is 25.5. The maximum absolute atomic E-state index is 10.6. The summed E-state index contributed by atoms with van der Waals surface area (Å²) < 4.78 is 97.1. The number of halogens is 9. The minimum atomic E-state index is -5.08. The van der Waals surface area contributed by atoms with Crippen molar-refractivity contribution in [3.63, 3.8) is 0 Å². The normalized spacial score (nSPS) is 15.0. The number of fused-ring (bicyclic) bond motifs is 1. The lowest BCUT2D eigenvalue weighted by molar-refractivity contribution is -0.193. The van der Waals surface area contributed by atoms with Gasteiger partial charge in [-0.25, -0.2) is 23.9 Å². The van der Waals surface area contributed by atoms with Crippen LogP contribution in [0.3, 0.4) is 0 Å². The number of carboxylic acid groups (broad SMARTS) is 3. The fourth-order valence-corrected chi connectivity index (χ4v) is 4.11. The summed E-state index contributed by atoms with van der Waals surface area (Å²) in [6.45, 7) is 5.01. The highest BCUT2D eigenvalue weighted by atomic mass is 19.4. The third kappa shape index (κ3) is 13.6. The van der Waals surface area contributed by atoms with Gasteiger partial charge in [-0.15, -0.1) is 0 Å². The van der Waals surface area contributed by atoms with Crippen LogP contribution in [0.4, 0.5) is 39.5 Å². The van der Waals surface area contributed by atoms with E-state index in [-0.39, 0.29) is 0 Å². The van der Waals surface area contributed by atoms with Crippen molar-refractivity contribution < 1.29 is 69.2 Å². The highest BCUT2D eigenvalue weighted by Crippen LogP contribution is 2.27. The van der Waals surface area contributed by atoms with E-state index in [9.17, 15) is 39.5 Å². The number of aromatic nitrogens is 5. The summed E-state index contributed by atoms with van der Waals surface area (Å²) in [6, 6.07) is 14.4. The molecule has 1 aliphatic rings. The molecule has 1 saturated heterocycles. The van der Waals surface area contributed by atoms with Crippen molar-refractivity contribution in [1.29, 1.82) is 0 Å². The lowest BCUT2D eigenvalue weighted by Gasteiger charge is -2.31. The molecule has 4 aromatic heterocycles. The summed E-state index contributed by atoms with van der Waals surface area (Å²) in [5.74, 6) is -6.97. The minimum absolute atomic E-state index is 0.359. The molecule has 0 amide bonds. The summed E-state index contributed by atoms with van der Waals surface area (Å²) in [7, 11) is 0. The Bertz CT molecular complexity index is 1670. The first-order chi connectivity index (χ1) is 23.1. The SMILES string of the molecule is Cc1cccc(CN2CCCC(c3nc4ccc(-c5ccncc5)cn4n3)C2)n1.O=C(O)C(F)(F)F.O=C(O)C(F)(F)F.O=C(O)C(F)(F)F. The lowest BCUT2D eigenvalue weighted by Crippen LogP contribution is -2.34. The number of carbonyl (C=O) groups is 3. The van der Waals surface area contributed by atoms with Crippen LogP contribution < -0.4 is 0 Å². The third-order valence-electron chi connectivity index (χ3n) is 6.29. The molecule has 21 heteroatoms. The molecule has 0 radical (unpaired) electrons. The van der Waals surface area contributed by atoms with E-state index in [0.29, 0.717) is 5.92 Å². The van der Waals surface area contributed by atoms with E-state index >= 15 is 0 Å². The summed E-state index contributed by atoms with van der Waals surface area (Å²) >= 11 is 0. The Labute approximate surface area is 275 Å². The summed E-state index contributed by atoms with van der Waals surface area (Å²) in [6.07, 6.45) is -7.28. The Morgan fingerprint density at radius 2 is 1.32 bits per heavy atom. The first-order valence-electron chi connectivity index (χ1n) is 13.9. The van der Waals surface area contributed by atoms with Crippen molar-refractivity contribution in [3.8, 4) is 11.1 Å². The van der Waals surface area contributed by atoms with E-state index in [2.05, 4.69) is 39.3 Å². The number of piperidine rings is 1. The van der Waals surface area contributed by atoms with E-state index in [1.165, 1.54) is 0 Å². The molecule has 0 aliphatic carbocycles. The molecule has 1 atom stereocenters. The molecule has 3 N–H and O–H groups in total. The average molecular weight is 727 g/mol. The predicted octanol–water partition coefficient (Wildman–Crippen LogP) is 5.77. The van der Waals surface area contributed by atoms with Gasteiger partial charge in [-0.05, 0) is 68.3 Å². The van der Waals surface area contributed by atoms with Gasteiger partial charge in [0.15, 0.2) is 11.5 Å². The molecule has 1 fully saturated rings. The molecular weight excluding hydrogens is 699 g/mol. The number of rotatable bonds is 4. The summed E-state index contributed by atoms with van der Waals surface area (Å²) in [4.78, 5) is 42.7. The Morgan fingerprint density at radius 3 is 1.82 bits per heavy atom. The molecule has 5 rings (SSSR count). The number of nitrogens with zero attached hydrogens (tertiary/aromatic N) is 6. The van der Waals surface area contributed by atoms with Crippen LogP contribution in [0, 0.1) is 6.92 Å². The Kier molecular flexibility index (Phi) is 14.2. The number of hydrogen-bond acceptors (Lipinski definition) is 8. The third-order valence-corrected chi connectivity index (χ3v) is 6.29. The largest absolute Gasteiger partial charge is 0.490 e. The summed E-state index contributed by atoms with van der Waals surface area (Å²) in [5.41, 5.74) is 5.36. The van der Waals surface area contributed by atoms with Crippen molar-refractivity contribution in [2.24, 2.45) is 0 Å². The lowest BCUT2D eigenvalue weighted by atomic mass is 9.97. The Balaban J connectivity index is 0.000000338. The first kappa shape index (κ1) is 40.8. The number of likely N-dealkylation sites (tertiary alicyclic amines) is 1. The van der Waals surface area contributed by atoms with Crippen molar-refractivity contribution in [2.45, 2.75) is 50.8 Å². The van der Waals surface area contributed by atoms with E-state index in [1.807, 2.05) is 48.1 Å². The van der Waals surface area contributed by atoms with E-state index in [4.69, 9.17) is 39.8 Å². The molecule has 1 unspecified atom stereocenters. The second-order valence-electron chi connectivity index (χ2n) is 10.2. The van der Waals surface area contributed by atoms with Crippen LogP contribution in [0.5, 0.6) is 0 Å². The molecule has 4 aromatic rings. The zero-order chi connectivity index (χ0) is 37.9. The zero-order valence-corrected chi connectivity index (χ0v) is 25.5. The maximum atomic E-state index is 10.6. The van der Waals surface area contributed by atoms with Crippen LogP contribution in [-0.4, -0.2) is 94.3 Å². The molecule has 0 aromatic carbocycles. The molecule has 0 saturated carbocycles. The van der Waals surface area contributed by atoms with Crippen molar-refractivity contribution in [3.05, 3.63) is 78.3 Å². The van der Waals surface area contributed by atoms with Crippen LogP contribution in [0.2, 0.25) is 0 Å². The molecule has 5 heterocycles. The molecule has 1 aliphatic heterocycles.